The van der Waals surface area contributed by atoms with E-state index in [0.717, 1.165) is 16.8 Å². The standard InChI is InChI=1S/C20H26N2O3S/c1-5-13-21-26(24,25)17-11-9-16(10-12-17)20(23)22-19-15(4)7-6-8-18(19)14(2)3/h6-12,14,21H,5,13H2,1-4H3,(H,22,23). The fourth-order valence-corrected chi connectivity index (χ4v) is 3.77. The van der Waals surface area contributed by atoms with E-state index in [1.54, 1.807) is 0 Å². The molecule has 2 rings (SSSR count). The number of aryl methyl sites for hydroxylation is 1. The molecular formula is C20H26N2O3S. The first-order chi connectivity index (χ1) is 12.3. The summed E-state index contributed by atoms with van der Waals surface area (Å²) in [6, 6.07) is 11.9. The summed E-state index contributed by atoms with van der Waals surface area (Å²) in [5.74, 6) is 0.0222. The van der Waals surface area contributed by atoms with Crippen molar-refractivity contribution < 1.29 is 13.2 Å². The smallest absolute Gasteiger partial charge is 0.255 e. The molecule has 0 bridgehead atoms. The van der Waals surface area contributed by atoms with Gasteiger partial charge in [-0.3, -0.25) is 4.79 Å². The molecule has 2 aromatic carbocycles. The summed E-state index contributed by atoms with van der Waals surface area (Å²) in [5.41, 5.74) is 3.29. The van der Waals surface area contributed by atoms with Gasteiger partial charge in [0.1, 0.15) is 0 Å². The highest BCUT2D eigenvalue weighted by Gasteiger charge is 2.16. The average molecular weight is 375 g/mol. The molecule has 0 aliphatic heterocycles. The summed E-state index contributed by atoms with van der Waals surface area (Å²) >= 11 is 0. The number of nitrogens with one attached hydrogen (secondary N) is 2. The van der Waals surface area contributed by atoms with Crippen LogP contribution >= 0.6 is 0 Å². The first kappa shape index (κ1) is 20.1. The first-order valence-corrected chi connectivity index (χ1v) is 10.2. The van der Waals surface area contributed by atoms with E-state index in [1.165, 1.54) is 24.3 Å². The Bertz CT molecular complexity index is 872. The van der Waals surface area contributed by atoms with Gasteiger partial charge in [-0.15, -0.1) is 0 Å². The average Bonchev–Trinajstić information content (AvgIpc) is 2.61. The van der Waals surface area contributed by atoms with Crippen LogP contribution in [0.1, 0.15) is 54.6 Å². The Morgan fingerprint density at radius 3 is 2.31 bits per heavy atom. The van der Waals surface area contributed by atoms with E-state index in [2.05, 4.69) is 23.9 Å². The van der Waals surface area contributed by atoms with Gasteiger partial charge in [-0.25, -0.2) is 13.1 Å². The molecule has 0 unspecified atom stereocenters. The molecule has 26 heavy (non-hydrogen) atoms. The van der Waals surface area contributed by atoms with E-state index in [1.807, 2.05) is 32.0 Å². The second-order valence-electron chi connectivity index (χ2n) is 6.57. The molecular weight excluding hydrogens is 348 g/mol. The molecule has 0 spiro atoms. The van der Waals surface area contributed by atoms with Crippen molar-refractivity contribution in [1.29, 1.82) is 0 Å². The van der Waals surface area contributed by atoms with Gasteiger partial charge < -0.3 is 5.32 Å². The number of hydrogen-bond donors (Lipinski definition) is 2. The fraction of sp³-hybridized carbons (Fsp3) is 0.350. The molecule has 1 amide bonds. The van der Waals surface area contributed by atoms with E-state index in [4.69, 9.17) is 0 Å². The third-order valence-corrected chi connectivity index (χ3v) is 5.61. The molecule has 0 saturated heterocycles. The summed E-state index contributed by atoms with van der Waals surface area (Å²) < 4.78 is 26.7. The van der Waals surface area contributed by atoms with Gasteiger partial charge in [0.05, 0.1) is 4.90 Å². The molecule has 2 N–H and O–H groups in total. The van der Waals surface area contributed by atoms with E-state index in [9.17, 15) is 13.2 Å². The minimum absolute atomic E-state index is 0.154. The maximum atomic E-state index is 12.6. The highest BCUT2D eigenvalue weighted by molar-refractivity contribution is 7.89. The molecule has 0 aromatic heterocycles. The van der Waals surface area contributed by atoms with Gasteiger partial charge in [0.2, 0.25) is 10.0 Å². The summed E-state index contributed by atoms with van der Waals surface area (Å²) in [5, 5.41) is 2.96. The SMILES string of the molecule is CCCNS(=O)(=O)c1ccc(C(=O)Nc2c(C)cccc2C(C)C)cc1. The molecule has 6 heteroatoms. The van der Waals surface area contributed by atoms with Crippen molar-refractivity contribution in [2.75, 3.05) is 11.9 Å². The van der Waals surface area contributed by atoms with Crippen molar-refractivity contribution in [3.05, 3.63) is 59.2 Å². The lowest BCUT2D eigenvalue weighted by molar-refractivity contribution is 0.102. The second-order valence-corrected chi connectivity index (χ2v) is 8.34. The van der Waals surface area contributed by atoms with Crippen molar-refractivity contribution in [2.24, 2.45) is 0 Å². The van der Waals surface area contributed by atoms with Crippen LogP contribution in [0.4, 0.5) is 5.69 Å². The van der Waals surface area contributed by atoms with Gasteiger partial charge in [0, 0.05) is 17.8 Å². The lowest BCUT2D eigenvalue weighted by Gasteiger charge is -2.16. The van der Waals surface area contributed by atoms with Crippen molar-refractivity contribution in [3.63, 3.8) is 0 Å². The van der Waals surface area contributed by atoms with E-state index >= 15 is 0 Å². The molecule has 2 aromatic rings. The monoisotopic (exact) mass is 374 g/mol. The third-order valence-electron chi connectivity index (χ3n) is 4.13. The third kappa shape index (κ3) is 4.71. The van der Waals surface area contributed by atoms with Gasteiger partial charge in [0.25, 0.3) is 5.91 Å². The van der Waals surface area contributed by atoms with E-state index < -0.39 is 10.0 Å². The van der Waals surface area contributed by atoms with Crippen LogP contribution in [0.15, 0.2) is 47.4 Å². The van der Waals surface area contributed by atoms with Gasteiger partial charge >= 0.3 is 0 Å². The van der Waals surface area contributed by atoms with Crippen LogP contribution in [-0.2, 0) is 10.0 Å². The number of carbonyl (C=O) groups excluding carboxylic acids is 1. The number of carbonyl (C=O) groups is 1. The van der Waals surface area contributed by atoms with E-state index in [0.29, 0.717) is 18.5 Å². The molecule has 0 aliphatic carbocycles. The van der Waals surface area contributed by atoms with Crippen LogP contribution in [0.5, 0.6) is 0 Å². The molecule has 0 atom stereocenters. The minimum atomic E-state index is -3.53. The molecule has 0 fully saturated rings. The lowest BCUT2D eigenvalue weighted by atomic mass is 9.98. The zero-order valence-corrected chi connectivity index (χ0v) is 16.5. The number of anilines is 1. The Balaban J connectivity index is 2.22. The van der Waals surface area contributed by atoms with Crippen LogP contribution in [0.25, 0.3) is 0 Å². The largest absolute Gasteiger partial charge is 0.321 e. The summed E-state index contributed by atoms with van der Waals surface area (Å²) in [4.78, 5) is 12.8. The molecule has 0 heterocycles. The Morgan fingerprint density at radius 1 is 1.08 bits per heavy atom. The number of rotatable bonds is 7. The Morgan fingerprint density at radius 2 is 1.73 bits per heavy atom. The quantitative estimate of drug-likeness (QED) is 0.767. The van der Waals surface area contributed by atoms with Crippen molar-refractivity contribution in [1.82, 2.24) is 4.72 Å². The second kappa shape index (κ2) is 8.47. The minimum Gasteiger partial charge on any atom is -0.321 e. The molecule has 0 aliphatic rings. The number of para-hydroxylation sites is 1. The van der Waals surface area contributed by atoms with Crippen LogP contribution < -0.4 is 10.0 Å². The topological polar surface area (TPSA) is 75.3 Å². The van der Waals surface area contributed by atoms with Crippen molar-refractivity contribution in [3.8, 4) is 0 Å². The van der Waals surface area contributed by atoms with E-state index in [-0.39, 0.29) is 16.7 Å². The Labute approximate surface area is 155 Å². The van der Waals surface area contributed by atoms with Gasteiger partial charge in [-0.1, -0.05) is 39.0 Å². The zero-order valence-electron chi connectivity index (χ0n) is 15.7. The highest BCUT2D eigenvalue weighted by atomic mass is 32.2. The lowest BCUT2D eigenvalue weighted by Crippen LogP contribution is -2.24. The number of sulfonamides is 1. The highest BCUT2D eigenvalue weighted by Crippen LogP contribution is 2.28. The van der Waals surface area contributed by atoms with Gasteiger partial charge in [-0.2, -0.15) is 0 Å². The van der Waals surface area contributed by atoms with Crippen LogP contribution in [0.2, 0.25) is 0 Å². The van der Waals surface area contributed by atoms with Crippen molar-refractivity contribution >= 4 is 21.6 Å². The Hall–Kier alpha value is -2.18. The predicted octanol–water partition coefficient (Wildman–Crippen LogP) is 4.06. The number of hydrogen-bond acceptors (Lipinski definition) is 3. The van der Waals surface area contributed by atoms with Crippen molar-refractivity contribution in [2.45, 2.75) is 44.9 Å². The van der Waals surface area contributed by atoms with Crippen LogP contribution in [0, 0.1) is 6.92 Å². The number of benzene rings is 2. The van der Waals surface area contributed by atoms with Crippen LogP contribution in [0.3, 0.4) is 0 Å². The predicted molar refractivity (Wildman–Crippen MR) is 105 cm³/mol. The molecule has 0 saturated carbocycles. The summed E-state index contributed by atoms with van der Waals surface area (Å²) in [7, 11) is -3.53. The molecule has 140 valence electrons. The van der Waals surface area contributed by atoms with Crippen LogP contribution in [-0.4, -0.2) is 20.9 Å². The maximum absolute atomic E-state index is 12.6. The molecule has 5 nitrogen and oxygen atoms in total. The fourth-order valence-electron chi connectivity index (χ4n) is 2.63. The normalized spacial score (nSPS) is 11.6. The summed E-state index contributed by atoms with van der Waals surface area (Å²) in [6.07, 6.45) is 0.717. The maximum Gasteiger partial charge on any atom is 0.255 e. The summed E-state index contributed by atoms with van der Waals surface area (Å²) in [6.45, 7) is 8.39. The van der Waals surface area contributed by atoms with Gasteiger partial charge in [-0.05, 0) is 54.7 Å². The molecule has 0 radical (unpaired) electrons. The Kier molecular flexibility index (Phi) is 6.56. The zero-order chi connectivity index (χ0) is 19.3. The van der Waals surface area contributed by atoms with Gasteiger partial charge in [0.15, 0.2) is 0 Å². The first-order valence-electron chi connectivity index (χ1n) is 8.77. The number of amides is 1.